The second-order valence-corrected chi connectivity index (χ2v) is 11.2. The first kappa shape index (κ1) is 31.7. The number of aliphatic hydroxyl groups is 2. The molecule has 1 aliphatic rings. The molecule has 1 amide bonds. The van der Waals surface area contributed by atoms with Gasteiger partial charge in [0, 0.05) is 29.8 Å². The number of aliphatic hydroxyl groups excluding tert-OH is 2. The van der Waals surface area contributed by atoms with Crippen molar-refractivity contribution in [2.24, 2.45) is 0 Å². The minimum atomic E-state index is -1.19. The zero-order valence-corrected chi connectivity index (χ0v) is 25.2. The lowest BCUT2D eigenvalue weighted by Gasteiger charge is -2.19. The summed E-state index contributed by atoms with van der Waals surface area (Å²) in [7, 11) is 3.06. The number of nitrogens with one attached hydrogen (secondary N) is 1. The maximum absolute atomic E-state index is 14.4. The van der Waals surface area contributed by atoms with Crippen LogP contribution in [0.2, 0.25) is 0 Å². The van der Waals surface area contributed by atoms with Crippen LogP contribution in [0.25, 0.3) is 22.4 Å². The molecule has 236 valence electrons. The fourth-order valence-electron chi connectivity index (χ4n) is 5.76. The highest BCUT2D eigenvalue weighted by Gasteiger charge is 2.37. The van der Waals surface area contributed by atoms with Gasteiger partial charge in [-0.25, -0.2) is 4.39 Å². The molecule has 9 nitrogen and oxygen atoms in total. The Bertz CT molecular complexity index is 1650. The molecule has 1 saturated carbocycles. The van der Waals surface area contributed by atoms with E-state index in [1.807, 2.05) is 34.9 Å². The Kier molecular flexibility index (Phi) is 9.85. The second kappa shape index (κ2) is 14.0. The van der Waals surface area contributed by atoms with E-state index in [0.717, 1.165) is 24.1 Å². The molecule has 2 atom stereocenters. The van der Waals surface area contributed by atoms with E-state index in [2.05, 4.69) is 5.32 Å². The first-order valence-electron chi connectivity index (χ1n) is 14.9. The topological polar surface area (TPSA) is 130 Å². The maximum atomic E-state index is 14.4. The van der Waals surface area contributed by atoms with Gasteiger partial charge in [0.15, 0.2) is 0 Å². The fourth-order valence-corrected chi connectivity index (χ4v) is 5.76. The minimum Gasteiger partial charge on any atom is -0.497 e. The molecule has 1 fully saturated rings. The van der Waals surface area contributed by atoms with Crippen LogP contribution >= 0.6 is 0 Å². The van der Waals surface area contributed by atoms with Crippen LogP contribution in [0.5, 0.6) is 11.5 Å². The van der Waals surface area contributed by atoms with Crippen LogP contribution in [0.3, 0.4) is 0 Å². The van der Waals surface area contributed by atoms with Crippen molar-refractivity contribution < 1.29 is 38.8 Å². The Hall–Kier alpha value is -4.67. The quantitative estimate of drug-likeness (QED) is 0.135. The van der Waals surface area contributed by atoms with E-state index < -0.39 is 30.4 Å². The first-order valence-corrected chi connectivity index (χ1v) is 14.9. The Labute approximate surface area is 260 Å². The van der Waals surface area contributed by atoms with Crippen molar-refractivity contribution in [3.05, 3.63) is 89.9 Å². The number of amides is 1. The summed E-state index contributed by atoms with van der Waals surface area (Å²) in [4.78, 5) is 25.5. The van der Waals surface area contributed by atoms with Crippen LogP contribution in [-0.2, 0) is 11.3 Å². The number of aliphatic carboxylic acids is 1. The van der Waals surface area contributed by atoms with Crippen LogP contribution in [0.4, 0.5) is 10.1 Å². The Morgan fingerprint density at radius 1 is 0.956 bits per heavy atom. The zero-order chi connectivity index (χ0) is 32.1. The maximum Gasteiger partial charge on any atom is 0.305 e. The summed E-state index contributed by atoms with van der Waals surface area (Å²) < 4.78 is 27.0. The third-order valence-electron chi connectivity index (χ3n) is 7.97. The Balaban J connectivity index is 1.66. The van der Waals surface area contributed by atoms with Crippen LogP contribution in [0.15, 0.2) is 72.8 Å². The lowest BCUT2D eigenvalue weighted by molar-refractivity contribution is -0.139. The highest BCUT2D eigenvalue weighted by molar-refractivity contribution is 6.13. The van der Waals surface area contributed by atoms with E-state index in [0.29, 0.717) is 39.6 Å². The number of rotatable bonds is 14. The van der Waals surface area contributed by atoms with Gasteiger partial charge in [0.1, 0.15) is 17.3 Å². The molecular weight excluding hydrogens is 579 g/mol. The third kappa shape index (κ3) is 7.35. The molecule has 4 aromatic rings. The summed E-state index contributed by atoms with van der Waals surface area (Å²) in [6.07, 6.45) is -0.820. The van der Waals surface area contributed by atoms with E-state index in [1.165, 1.54) is 19.2 Å². The SMILES string of the molecule is COc1ccc(NC(=O)c2c(-c3ccccc3)c(-c3ccc(F)cc3)n(CCC(O)CC(O)CC(=O)O)c2C2CC2)c(OC)c1. The number of hydrogen-bond acceptors (Lipinski definition) is 6. The molecule has 45 heavy (non-hydrogen) atoms. The number of carboxylic acids is 1. The number of hydrogen-bond donors (Lipinski definition) is 4. The molecule has 0 radical (unpaired) electrons. The molecule has 0 spiro atoms. The number of halogens is 1. The van der Waals surface area contributed by atoms with E-state index in [1.54, 1.807) is 37.4 Å². The molecule has 4 N–H and O–H groups in total. The molecule has 0 bridgehead atoms. The largest absolute Gasteiger partial charge is 0.497 e. The summed E-state index contributed by atoms with van der Waals surface area (Å²) in [6, 6.07) is 20.7. The highest BCUT2D eigenvalue weighted by Crippen LogP contribution is 2.49. The molecule has 10 heteroatoms. The molecule has 3 aromatic carbocycles. The van der Waals surface area contributed by atoms with E-state index >= 15 is 0 Å². The smallest absolute Gasteiger partial charge is 0.305 e. The highest BCUT2D eigenvalue weighted by atomic mass is 19.1. The van der Waals surface area contributed by atoms with Gasteiger partial charge >= 0.3 is 5.97 Å². The average molecular weight is 617 g/mol. The van der Waals surface area contributed by atoms with Crippen molar-refractivity contribution in [2.45, 2.75) is 56.8 Å². The number of carboxylic acid groups (broad SMARTS) is 1. The van der Waals surface area contributed by atoms with Gasteiger partial charge in [-0.3, -0.25) is 9.59 Å². The predicted octanol–water partition coefficient (Wildman–Crippen LogP) is 6.08. The molecule has 2 unspecified atom stereocenters. The Morgan fingerprint density at radius 3 is 2.29 bits per heavy atom. The summed E-state index contributed by atoms with van der Waals surface area (Å²) in [5, 5.41) is 33.0. The number of ether oxygens (including phenoxy) is 2. The number of nitrogens with zero attached hydrogens (tertiary/aromatic N) is 1. The monoisotopic (exact) mass is 616 g/mol. The van der Waals surface area contributed by atoms with Gasteiger partial charge in [-0.2, -0.15) is 0 Å². The van der Waals surface area contributed by atoms with E-state index in [4.69, 9.17) is 14.6 Å². The third-order valence-corrected chi connectivity index (χ3v) is 7.97. The van der Waals surface area contributed by atoms with Crippen LogP contribution in [0, 0.1) is 5.82 Å². The molecule has 0 saturated heterocycles. The standard InChI is InChI=1S/C35H37FN2O7/c1-44-27-14-15-28(29(20-27)45-2)37-35(43)32-31(21-6-4-3-5-7-21)33(23-10-12-24(36)13-11-23)38(34(32)22-8-9-22)17-16-25(39)18-26(40)19-30(41)42/h3-7,10-15,20,22,25-26,39-40H,8-9,16-19H2,1-2H3,(H,37,43)(H,41,42). The summed E-state index contributed by atoms with van der Waals surface area (Å²) >= 11 is 0. The van der Waals surface area contributed by atoms with E-state index in [9.17, 15) is 24.2 Å². The van der Waals surface area contributed by atoms with Crippen molar-refractivity contribution >= 4 is 17.6 Å². The molecule has 0 aliphatic heterocycles. The summed E-state index contributed by atoms with van der Waals surface area (Å²) in [6.45, 7) is 0.276. The molecule has 1 aromatic heterocycles. The number of methoxy groups -OCH3 is 2. The van der Waals surface area contributed by atoms with Gasteiger partial charge < -0.3 is 34.7 Å². The second-order valence-electron chi connectivity index (χ2n) is 11.2. The van der Waals surface area contributed by atoms with Crippen molar-refractivity contribution in [3.63, 3.8) is 0 Å². The number of carbonyl (C=O) groups is 2. The zero-order valence-electron chi connectivity index (χ0n) is 25.2. The molecule has 1 heterocycles. The first-order chi connectivity index (χ1) is 21.7. The average Bonchev–Trinajstić information content (AvgIpc) is 3.81. The summed E-state index contributed by atoms with van der Waals surface area (Å²) in [5.74, 6) is -0.809. The van der Waals surface area contributed by atoms with Gasteiger partial charge in [-0.15, -0.1) is 0 Å². The number of anilines is 1. The van der Waals surface area contributed by atoms with Crippen molar-refractivity contribution in [1.82, 2.24) is 4.57 Å². The number of aromatic nitrogens is 1. The molecule has 5 rings (SSSR count). The lowest BCUT2D eigenvalue weighted by Crippen LogP contribution is -2.22. The lowest BCUT2D eigenvalue weighted by atomic mass is 9.95. The van der Waals surface area contributed by atoms with Gasteiger partial charge in [-0.1, -0.05) is 30.3 Å². The summed E-state index contributed by atoms with van der Waals surface area (Å²) in [5.41, 5.74) is 4.60. The van der Waals surface area contributed by atoms with E-state index in [-0.39, 0.29) is 31.2 Å². The van der Waals surface area contributed by atoms with Gasteiger partial charge in [0.2, 0.25) is 0 Å². The minimum absolute atomic E-state index is 0.0786. The fraction of sp³-hybridized carbons (Fsp3) is 0.314. The predicted molar refractivity (Wildman–Crippen MR) is 168 cm³/mol. The van der Waals surface area contributed by atoms with Crippen molar-refractivity contribution in [2.75, 3.05) is 19.5 Å². The van der Waals surface area contributed by atoms with Crippen molar-refractivity contribution in [1.29, 1.82) is 0 Å². The number of benzene rings is 3. The van der Waals surface area contributed by atoms with Crippen LogP contribution < -0.4 is 14.8 Å². The Morgan fingerprint density at radius 2 is 1.67 bits per heavy atom. The van der Waals surface area contributed by atoms with Crippen molar-refractivity contribution in [3.8, 4) is 33.9 Å². The van der Waals surface area contributed by atoms with Gasteiger partial charge in [-0.05, 0) is 73.2 Å². The molecular formula is C35H37FN2O7. The number of carbonyl (C=O) groups excluding carboxylic acids is 1. The van der Waals surface area contributed by atoms with Crippen LogP contribution in [-0.4, -0.2) is 58.2 Å². The normalized spacial score (nSPS) is 14.1. The van der Waals surface area contributed by atoms with Crippen LogP contribution in [0.1, 0.15) is 54.1 Å². The molecule has 1 aliphatic carbocycles. The van der Waals surface area contributed by atoms with Gasteiger partial charge in [0.05, 0.1) is 49.8 Å². The van der Waals surface area contributed by atoms with Gasteiger partial charge in [0.25, 0.3) is 5.91 Å².